The first-order valence-corrected chi connectivity index (χ1v) is 13.8. The molecule has 0 unspecified atom stereocenters. The fraction of sp³-hybridized carbons (Fsp3) is 0.350. The zero-order chi connectivity index (χ0) is 22.9. The second kappa shape index (κ2) is 8.94. The van der Waals surface area contributed by atoms with E-state index in [1.54, 1.807) is 24.3 Å². The molecule has 3 aromatic rings. The van der Waals surface area contributed by atoms with E-state index in [2.05, 4.69) is 14.6 Å². The van der Waals surface area contributed by atoms with Crippen LogP contribution in [0.25, 0.3) is 10.2 Å². The lowest BCUT2D eigenvalue weighted by Gasteiger charge is -2.31. The molecule has 1 fully saturated rings. The molecule has 0 bridgehead atoms. The molecule has 2 aromatic carbocycles. The van der Waals surface area contributed by atoms with Crippen molar-refractivity contribution < 1.29 is 21.6 Å². The Labute approximate surface area is 191 Å². The number of nitrogens with zero attached hydrogens (tertiary/aromatic N) is 3. The summed E-state index contributed by atoms with van der Waals surface area (Å²) < 4.78 is 61.3. The second-order valence-corrected chi connectivity index (χ2v) is 12.0. The summed E-state index contributed by atoms with van der Waals surface area (Å²) >= 11 is 1.09. The Hall–Kier alpha value is -2.25. The van der Waals surface area contributed by atoms with Gasteiger partial charge in [0.15, 0.2) is 5.13 Å². The van der Waals surface area contributed by atoms with Crippen molar-refractivity contribution in [1.29, 1.82) is 0 Å². The maximum Gasteiger partial charge on any atom is 0.263 e. The molecular formula is C20H24N4O5S3. The van der Waals surface area contributed by atoms with Crippen LogP contribution >= 0.6 is 11.3 Å². The van der Waals surface area contributed by atoms with E-state index < -0.39 is 20.0 Å². The maximum atomic E-state index is 13.0. The number of piperazine rings is 1. The number of likely N-dealkylation sites (N-methyl/N-ethyl adjacent to an activating group) is 1. The second-order valence-electron chi connectivity index (χ2n) is 7.37. The average molecular weight is 497 g/mol. The van der Waals surface area contributed by atoms with E-state index in [1.165, 1.54) is 22.5 Å². The highest BCUT2D eigenvalue weighted by atomic mass is 32.2. The molecule has 0 radical (unpaired) electrons. The summed E-state index contributed by atoms with van der Waals surface area (Å²) in [7, 11) is -5.50. The fourth-order valence-corrected chi connectivity index (χ4v) is 7.01. The van der Waals surface area contributed by atoms with Gasteiger partial charge in [0.25, 0.3) is 10.0 Å². The zero-order valence-corrected chi connectivity index (χ0v) is 20.1. The molecule has 0 saturated carbocycles. The number of fused-ring (bicyclic) bond motifs is 1. The van der Waals surface area contributed by atoms with Crippen molar-refractivity contribution in [3.8, 4) is 5.75 Å². The van der Waals surface area contributed by atoms with E-state index in [1.807, 2.05) is 14.0 Å². The Morgan fingerprint density at radius 1 is 1.00 bits per heavy atom. The molecule has 1 aromatic heterocycles. The van der Waals surface area contributed by atoms with Crippen LogP contribution in [0.3, 0.4) is 0 Å². The number of hydrogen-bond acceptors (Lipinski definition) is 8. The summed E-state index contributed by atoms with van der Waals surface area (Å²) in [5.41, 5.74) is 0.525. The molecule has 4 rings (SSSR count). The number of rotatable bonds is 7. The molecule has 1 saturated heterocycles. The molecule has 172 valence electrons. The summed E-state index contributed by atoms with van der Waals surface area (Å²) in [4.78, 5) is 6.65. The highest BCUT2D eigenvalue weighted by molar-refractivity contribution is 7.93. The third kappa shape index (κ3) is 4.74. The molecule has 9 nitrogen and oxygen atoms in total. The van der Waals surface area contributed by atoms with Gasteiger partial charge in [0.1, 0.15) is 5.75 Å². The molecule has 1 N–H and O–H groups in total. The van der Waals surface area contributed by atoms with Gasteiger partial charge in [-0.2, -0.15) is 4.31 Å². The number of aromatic nitrogens is 1. The van der Waals surface area contributed by atoms with E-state index in [-0.39, 0.29) is 14.9 Å². The van der Waals surface area contributed by atoms with Gasteiger partial charge < -0.3 is 9.64 Å². The Morgan fingerprint density at radius 2 is 1.66 bits per heavy atom. The van der Waals surface area contributed by atoms with Crippen LogP contribution in [0.1, 0.15) is 6.92 Å². The third-order valence-electron chi connectivity index (χ3n) is 5.13. The van der Waals surface area contributed by atoms with Gasteiger partial charge in [-0.05, 0) is 56.4 Å². The average Bonchev–Trinajstić information content (AvgIpc) is 3.15. The lowest BCUT2D eigenvalue weighted by atomic mass is 10.3. The largest absolute Gasteiger partial charge is 0.494 e. The Bertz CT molecular complexity index is 1310. The smallest absolute Gasteiger partial charge is 0.263 e. The van der Waals surface area contributed by atoms with Gasteiger partial charge in [-0.1, -0.05) is 11.3 Å². The highest BCUT2D eigenvalue weighted by Gasteiger charge is 2.28. The topological polar surface area (TPSA) is 109 Å². The summed E-state index contributed by atoms with van der Waals surface area (Å²) in [5, 5.41) is 0.169. The molecule has 1 aliphatic rings. The number of thiazole rings is 1. The first-order valence-electron chi connectivity index (χ1n) is 10.0. The van der Waals surface area contributed by atoms with Gasteiger partial charge in [0.2, 0.25) is 10.0 Å². The first kappa shape index (κ1) is 22.9. The van der Waals surface area contributed by atoms with Crippen molar-refractivity contribution >= 4 is 46.7 Å². The first-order chi connectivity index (χ1) is 15.2. The van der Waals surface area contributed by atoms with Crippen LogP contribution in [0.5, 0.6) is 5.75 Å². The molecule has 1 aliphatic heterocycles. The maximum absolute atomic E-state index is 13.0. The molecule has 32 heavy (non-hydrogen) atoms. The summed E-state index contributed by atoms with van der Waals surface area (Å²) in [6.45, 7) is 4.57. The summed E-state index contributed by atoms with van der Waals surface area (Å²) in [6.07, 6.45) is 0. The van der Waals surface area contributed by atoms with Gasteiger partial charge in [-0.3, -0.25) is 4.72 Å². The third-order valence-corrected chi connectivity index (χ3v) is 9.44. The van der Waals surface area contributed by atoms with Gasteiger partial charge in [0, 0.05) is 26.2 Å². The van der Waals surface area contributed by atoms with Crippen molar-refractivity contribution in [2.45, 2.75) is 16.7 Å². The molecule has 2 heterocycles. The normalized spacial score (nSPS) is 16.3. The van der Waals surface area contributed by atoms with Gasteiger partial charge in [-0.15, -0.1) is 0 Å². The predicted octanol–water partition coefficient (Wildman–Crippen LogP) is 2.43. The quantitative estimate of drug-likeness (QED) is 0.535. The molecule has 0 atom stereocenters. The Morgan fingerprint density at radius 3 is 2.31 bits per heavy atom. The minimum atomic E-state index is -3.84. The van der Waals surface area contributed by atoms with Crippen molar-refractivity contribution in [3.63, 3.8) is 0 Å². The van der Waals surface area contributed by atoms with Crippen LogP contribution in [0.2, 0.25) is 0 Å². The lowest BCUT2D eigenvalue weighted by molar-refractivity contribution is 0.222. The van der Waals surface area contributed by atoms with E-state index in [9.17, 15) is 16.8 Å². The lowest BCUT2D eigenvalue weighted by Crippen LogP contribution is -2.46. The zero-order valence-electron chi connectivity index (χ0n) is 17.7. The SMILES string of the molecule is CCOc1ccc(S(=O)(=O)Nc2nc3ccc(S(=O)(=O)N4CCN(C)CC4)cc3s2)cc1. The summed E-state index contributed by atoms with van der Waals surface area (Å²) in [6, 6.07) is 10.8. The standard InChI is InChI=1S/C20H24N4O5S3/c1-3-29-15-4-6-16(7-5-15)31(25,26)22-20-21-18-9-8-17(14-19(18)30-20)32(27,28)24-12-10-23(2)11-13-24/h4-9,14H,3,10-13H2,1-2H3,(H,21,22). The number of ether oxygens (including phenoxy) is 1. The number of benzene rings is 2. The highest BCUT2D eigenvalue weighted by Crippen LogP contribution is 2.31. The van der Waals surface area contributed by atoms with Crippen LogP contribution in [-0.4, -0.2) is 70.9 Å². The van der Waals surface area contributed by atoms with Gasteiger partial charge >= 0.3 is 0 Å². The molecule has 0 amide bonds. The predicted molar refractivity (Wildman–Crippen MR) is 124 cm³/mol. The Kier molecular flexibility index (Phi) is 6.41. The van der Waals surface area contributed by atoms with Crippen LogP contribution in [0.4, 0.5) is 5.13 Å². The molecule has 0 spiro atoms. The van der Waals surface area contributed by atoms with Gasteiger partial charge in [0.05, 0.1) is 26.6 Å². The van der Waals surface area contributed by atoms with Crippen LogP contribution in [0.15, 0.2) is 52.3 Å². The monoisotopic (exact) mass is 496 g/mol. The van der Waals surface area contributed by atoms with E-state index in [4.69, 9.17) is 4.74 Å². The van der Waals surface area contributed by atoms with Crippen molar-refractivity contribution in [2.75, 3.05) is 44.6 Å². The minimum Gasteiger partial charge on any atom is -0.494 e. The van der Waals surface area contributed by atoms with E-state index in [0.29, 0.717) is 48.8 Å². The van der Waals surface area contributed by atoms with Gasteiger partial charge in [-0.25, -0.2) is 21.8 Å². The number of sulfonamides is 2. The van der Waals surface area contributed by atoms with Crippen molar-refractivity contribution in [2.24, 2.45) is 0 Å². The minimum absolute atomic E-state index is 0.0820. The van der Waals surface area contributed by atoms with Crippen molar-refractivity contribution in [1.82, 2.24) is 14.2 Å². The number of anilines is 1. The van der Waals surface area contributed by atoms with E-state index in [0.717, 1.165) is 11.3 Å². The Balaban J connectivity index is 1.56. The summed E-state index contributed by atoms with van der Waals surface area (Å²) in [5.74, 6) is 0.584. The molecule has 12 heteroatoms. The number of nitrogens with one attached hydrogen (secondary N) is 1. The van der Waals surface area contributed by atoms with Crippen LogP contribution in [-0.2, 0) is 20.0 Å². The molecule has 0 aliphatic carbocycles. The molecular weight excluding hydrogens is 472 g/mol. The number of hydrogen-bond donors (Lipinski definition) is 1. The van der Waals surface area contributed by atoms with Crippen molar-refractivity contribution in [3.05, 3.63) is 42.5 Å². The fourth-order valence-electron chi connectivity index (χ4n) is 3.34. The van der Waals surface area contributed by atoms with E-state index >= 15 is 0 Å². The van der Waals surface area contributed by atoms with Crippen LogP contribution < -0.4 is 9.46 Å². The van der Waals surface area contributed by atoms with Crippen LogP contribution in [0, 0.1) is 0 Å².